The summed E-state index contributed by atoms with van der Waals surface area (Å²) in [6.45, 7) is 0. The Bertz CT molecular complexity index is 36.1. The minimum absolute atomic E-state index is 0. The molecule has 0 aliphatic rings. The summed E-state index contributed by atoms with van der Waals surface area (Å²) in [6.07, 6.45) is 0. The maximum atomic E-state index is 8.42. The van der Waals surface area contributed by atoms with Crippen molar-refractivity contribution in [2.75, 3.05) is 0 Å². The molecule has 0 rings (SSSR count). The summed E-state index contributed by atoms with van der Waals surface area (Å²) in [5.74, 6) is 0. The Morgan fingerprint density at radius 1 is 0.636 bits per heavy atom. The van der Waals surface area contributed by atoms with E-state index < -0.39 is 14.6 Å². The van der Waals surface area contributed by atoms with E-state index in [9.17, 15) is 0 Å². The second kappa shape index (κ2) is 23.3. The van der Waals surface area contributed by atoms with Crippen LogP contribution in [0.2, 0.25) is 0 Å². The molecule has 0 amide bonds. The zero-order valence-electron chi connectivity index (χ0n) is 5.81. The summed E-state index contributed by atoms with van der Waals surface area (Å²) in [6, 6.07) is 0. The molecule has 0 saturated heterocycles. The first-order chi connectivity index (χ1) is 3.46. The van der Waals surface area contributed by atoms with Gasteiger partial charge in [0.15, 0.2) is 0 Å². The first kappa shape index (κ1) is 29.2. The second-order valence-electron chi connectivity index (χ2n) is 0.577. The second-order valence-corrected chi connectivity index (χ2v) is 0.577. The van der Waals surface area contributed by atoms with Gasteiger partial charge in [0.25, 0.3) is 0 Å². The molecule has 0 atom stereocenters. The Morgan fingerprint density at radius 3 is 0.636 bits per heavy atom. The molecule has 49 valence electrons. The normalized spacial score (nSPS) is 4.91. The van der Waals surface area contributed by atoms with Gasteiger partial charge in [-0.15, -0.1) is 0 Å². The summed E-state index contributed by atoms with van der Waals surface area (Å²) in [5, 5.41) is 50.5. The molecule has 0 bridgehead atoms. The average Bonchev–Trinajstić information content (AvgIpc) is 1.25. The predicted octanol–water partition coefficient (Wildman–Crippen LogP) is -11.3. The molecule has 11 heavy (non-hydrogen) atoms. The van der Waals surface area contributed by atoms with E-state index in [4.69, 9.17) is 30.1 Å². The zero-order valence-corrected chi connectivity index (χ0v) is 12.5. The molecule has 6 nitrogen and oxygen atoms in total. The van der Waals surface area contributed by atoms with Crippen LogP contribution in [0.4, 0.5) is 0 Å². The first-order valence-corrected chi connectivity index (χ1v) is 1.41. The van der Waals surface area contributed by atoms with Gasteiger partial charge >= 0.3 is 105 Å². The van der Waals surface area contributed by atoms with E-state index in [0.717, 1.165) is 0 Å². The Balaban J connectivity index is -0.0000000171. The Hall–Kier alpha value is 3.32. The van der Waals surface area contributed by atoms with E-state index in [2.05, 4.69) is 0 Å². The van der Waals surface area contributed by atoms with Crippen molar-refractivity contribution in [2.24, 2.45) is 0 Å². The molecule has 0 saturated carbocycles. The van der Waals surface area contributed by atoms with Crippen LogP contribution in [0, 0.1) is 40.8 Å². The molecule has 0 aromatic heterocycles. The van der Waals surface area contributed by atoms with Crippen molar-refractivity contribution in [3.63, 3.8) is 0 Å². The SMILES string of the molecule is [Li+].[Nd+3].[O-]B([O-])[O-].[O-]B([O-])[O-].[Sr+2]. The minimum atomic E-state index is -2.92. The van der Waals surface area contributed by atoms with Crippen molar-refractivity contribution < 1.29 is 89.8 Å². The van der Waals surface area contributed by atoms with Crippen LogP contribution in [0.5, 0.6) is 0 Å². The van der Waals surface area contributed by atoms with Crippen LogP contribution in [0.25, 0.3) is 0 Å². The van der Waals surface area contributed by atoms with Crippen molar-refractivity contribution in [3.8, 4) is 0 Å². The van der Waals surface area contributed by atoms with Crippen LogP contribution in [-0.4, -0.2) is 60.1 Å². The van der Waals surface area contributed by atoms with Gasteiger partial charge in [-0.05, 0) is 0 Å². The molecule has 0 spiro atoms. The van der Waals surface area contributed by atoms with Gasteiger partial charge in [-0.2, -0.15) is 0 Å². The van der Waals surface area contributed by atoms with E-state index in [1.54, 1.807) is 0 Å². The zero-order chi connectivity index (χ0) is 7.15. The summed E-state index contributed by atoms with van der Waals surface area (Å²) in [4.78, 5) is 0. The van der Waals surface area contributed by atoms with E-state index in [1.165, 1.54) is 0 Å². The molecule has 0 fully saturated rings. The summed E-state index contributed by atoms with van der Waals surface area (Å²) in [5.41, 5.74) is 0. The molecule has 0 aromatic carbocycles. The number of hydrogen-bond donors (Lipinski definition) is 0. The third kappa shape index (κ3) is 155. The summed E-state index contributed by atoms with van der Waals surface area (Å²) in [7, 11) is -5.83. The van der Waals surface area contributed by atoms with Gasteiger partial charge in [0.2, 0.25) is 0 Å². The van der Waals surface area contributed by atoms with Gasteiger partial charge in [-0.1, -0.05) is 0 Å². The topological polar surface area (TPSA) is 138 Å². The summed E-state index contributed by atoms with van der Waals surface area (Å²) >= 11 is 0. The van der Waals surface area contributed by atoms with Gasteiger partial charge in [-0.3, -0.25) is 14.6 Å². The van der Waals surface area contributed by atoms with Crippen molar-refractivity contribution in [1.29, 1.82) is 0 Å². The molecule has 0 heterocycles. The Kier molecular flexibility index (Phi) is 61.9. The number of rotatable bonds is 0. The summed E-state index contributed by atoms with van der Waals surface area (Å²) < 4.78 is 0. The quantitative estimate of drug-likeness (QED) is 0.395. The van der Waals surface area contributed by atoms with Crippen LogP contribution in [-0.2, 0) is 0 Å². The van der Waals surface area contributed by atoms with Crippen LogP contribution >= 0.6 is 0 Å². The average molecular weight is 356 g/mol. The fourth-order valence-corrected chi connectivity index (χ4v) is 0. The molecular formula is B2LiNdO6Sr. The molecule has 1 radical (unpaired) electrons. The van der Waals surface area contributed by atoms with E-state index in [1.807, 2.05) is 0 Å². The molecule has 11 heteroatoms. The van der Waals surface area contributed by atoms with Crippen molar-refractivity contribution in [1.82, 2.24) is 0 Å². The van der Waals surface area contributed by atoms with Gasteiger partial charge in [0, 0.05) is 0 Å². The molecule has 0 unspecified atom stereocenters. The van der Waals surface area contributed by atoms with Crippen LogP contribution in [0.15, 0.2) is 0 Å². The third-order valence-electron chi connectivity index (χ3n) is 0. The first-order valence-electron chi connectivity index (χ1n) is 1.41. The maximum absolute atomic E-state index is 8.42. The molecule has 0 N–H and O–H groups in total. The molecule has 0 aromatic rings. The predicted molar refractivity (Wildman–Crippen MR) is 17.3 cm³/mol. The largest absolute Gasteiger partial charge is 3.00 e. The smallest absolute Gasteiger partial charge is 0.907 e. The van der Waals surface area contributed by atoms with Crippen LogP contribution < -0.4 is 49.0 Å². The van der Waals surface area contributed by atoms with Gasteiger partial charge in [0.05, 0.1) is 0 Å². The molecule has 0 aliphatic heterocycles. The fraction of sp³-hybridized carbons (Fsp3) is 0. The standard InChI is InChI=1S/2BO3.Li.Nd.Sr/c2*2-1(3)4;;;/q2*-3;+1;+3;+2. The Labute approximate surface area is 147 Å². The van der Waals surface area contributed by atoms with Crippen LogP contribution in [0.1, 0.15) is 0 Å². The van der Waals surface area contributed by atoms with Crippen molar-refractivity contribution in [2.45, 2.75) is 0 Å². The number of hydrogen-bond acceptors (Lipinski definition) is 6. The van der Waals surface area contributed by atoms with E-state index >= 15 is 0 Å². The van der Waals surface area contributed by atoms with E-state index in [0.29, 0.717) is 0 Å². The van der Waals surface area contributed by atoms with Gasteiger partial charge in [-0.25, -0.2) is 0 Å². The van der Waals surface area contributed by atoms with Crippen molar-refractivity contribution >= 4 is 60.1 Å². The fourth-order valence-electron chi connectivity index (χ4n) is 0. The minimum Gasteiger partial charge on any atom is -0.907 e. The van der Waals surface area contributed by atoms with Crippen molar-refractivity contribution in [3.05, 3.63) is 0 Å². The van der Waals surface area contributed by atoms with Gasteiger partial charge in [0.1, 0.15) is 0 Å². The monoisotopic (exact) mass is 355 g/mol. The Morgan fingerprint density at radius 2 is 0.636 bits per heavy atom. The third-order valence-corrected chi connectivity index (χ3v) is 0. The van der Waals surface area contributed by atoms with E-state index in [-0.39, 0.29) is 105 Å². The van der Waals surface area contributed by atoms with Gasteiger partial charge < -0.3 is 30.1 Å². The molecular weight excluding hydrogens is 356 g/mol. The van der Waals surface area contributed by atoms with Crippen LogP contribution in [0.3, 0.4) is 0 Å². The molecule has 0 aliphatic carbocycles. The maximum Gasteiger partial charge on any atom is 3.00 e.